The van der Waals surface area contributed by atoms with E-state index in [0.717, 1.165) is 12.0 Å². The van der Waals surface area contributed by atoms with Gasteiger partial charge < -0.3 is 25.4 Å². The minimum atomic E-state index is -0.801. The first-order valence-electron chi connectivity index (χ1n) is 13.7. The average molecular weight is 552 g/mol. The van der Waals surface area contributed by atoms with Crippen molar-refractivity contribution >= 4 is 35.2 Å². The van der Waals surface area contributed by atoms with Gasteiger partial charge in [0, 0.05) is 16.5 Å². The predicted molar refractivity (Wildman–Crippen MR) is 151 cm³/mol. The summed E-state index contributed by atoms with van der Waals surface area (Å²) in [5.74, 6) is -1.29. The van der Waals surface area contributed by atoms with Crippen LogP contribution in [0.5, 0.6) is 5.75 Å². The Balaban J connectivity index is 1.53. The lowest BCUT2D eigenvalue weighted by molar-refractivity contribution is -0.142. The second kappa shape index (κ2) is 10.5. The van der Waals surface area contributed by atoms with Crippen LogP contribution in [0.4, 0.5) is 5.69 Å². The second-order valence-corrected chi connectivity index (χ2v) is 13.1. The number of carbonyl (C=O) groups is 3. The molecule has 5 rings (SSSR count). The molecule has 3 aliphatic rings. The van der Waals surface area contributed by atoms with E-state index in [0.29, 0.717) is 24.5 Å². The number of hydrogen-bond donors (Lipinski definition) is 3. The number of likely N-dealkylation sites (tertiary alicyclic amines) is 1. The summed E-state index contributed by atoms with van der Waals surface area (Å²) in [4.78, 5) is 43.7. The van der Waals surface area contributed by atoms with Crippen LogP contribution >= 0.6 is 11.8 Å². The Morgan fingerprint density at radius 3 is 2.41 bits per heavy atom. The molecule has 9 heteroatoms. The summed E-state index contributed by atoms with van der Waals surface area (Å²) in [7, 11) is 0. The fraction of sp³-hybridized carbons (Fsp3) is 0.500. The van der Waals surface area contributed by atoms with Gasteiger partial charge in [-0.25, -0.2) is 0 Å². The van der Waals surface area contributed by atoms with Crippen LogP contribution in [0.25, 0.3) is 0 Å². The summed E-state index contributed by atoms with van der Waals surface area (Å²) in [5, 5.41) is 16.6. The molecule has 1 spiro atoms. The van der Waals surface area contributed by atoms with Crippen molar-refractivity contribution in [2.24, 2.45) is 11.8 Å². The summed E-state index contributed by atoms with van der Waals surface area (Å²) < 4.78 is 4.27. The van der Waals surface area contributed by atoms with Crippen molar-refractivity contribution in [3.63, 3.8) is 0 Å². The highest BCUT2D eigenvalue weighted by Crippen LogP contribution is 2.72. The topological polar surface area (TPSA) is 108 Å². The summed E-state index contributed by atoms with van der Waals surface area (Å²) in [6.07, 6.45) is 1.37. The first-order chi connectivity index (χ1) is 18.6. The van der Waals surface area contributed by atoms with E-state index in [9.17, 15) is 19.5 Å². The van der Waals surface area contributed by atoms with Crippen LogP contribution in [-0.4, -0.2) is 62.5 Å². The molecule has 3 saturated heterocycles. The van der Waals surface area contributed by atoms with Crippen LogP contribution in [0, 0.1) is 11.8 Å². The zero-order chi connectivity index (χ0) is 27.9. The molecule has 6 atom stereocenters. The van der Waals surface area contributed by atoms with Crippen LogP contribution in [0.1, 0.15) is 52.1 Å². The third-order valence-electron chi connectivity index (χ3n) is 8.30. The van der Waals surface area contributed by atoms with Gasteiger partial charge in [-0.2, -0.15) is 0 Å². The fourth-order valence-electron chi connectivity index (χ4n) is 6.81. The average Bonchev–Trinajstić information content (AvgIpc) is 3.47. The van der Waals surface area contributed by atoms with E-state index < -0.39 is 33.4 Å². The standard InChI is InChI=1S/C30H37N3O5S/c1-5-38-21-13-11-20(12-14-21)32-26(35)23-24-28(37)33(22(17-34)19-9-7-6-8-10-19)25(27(36)31-18(2)3)30(24)16-15-29(23,4)39-30/h6-14,18,22-25,34H,5,15-17H2,1-4H3,(H,31,36)(H,32,35)/t22-,23+,24+,25?,29-,30?/m1/s1. The number of nitrogens with zero attached hydrogens (tertiary/aromatic N) is 1. The molecular formula is C30H37N3O5S. The Bertz CT molecular complexity index is 1240. The number of thioether (sulfide) groups is 1. The van der Waals surface area contributed by atoms with Gasteiger partial charge in [-0.1, -0.05) is 30.3 Å². The molecule has 0 aromatic heterocycles. The Kier molecular flexibility index (Phi) is 7.41. The van der Waals surface area contributed by atoms with E-state index >= 15 is 0 Å². The summed E-state index contributed by atoms with van der Waals surface area (Å²) in [5.41, 5.74) is 1.39. The van der Waals surface area contributed by atoms with Crippen molar-refractivity contribution in [3.8, 4) is 5.75 Å². The van der Waals surface area contributed by atoms with Crippen molar-refractivity contribution < 1.29 is 24.2 Å². The van der Waals surface area contributed by atoms with E-state index in [1.807, 2.05) is 58.0 Å². The summed E-state index contributed by atoms with van der Waals surface area (Å²) in [6.45, 7) is 7.97. The monoisotopic (exact) mass is 551 g/mol. The van der Waals surface area contributed by atoms with Gasteiger partial charge in [0.05, 0.1) is 35.8 Å². The number of ether oxygens (including phenoxy) is 1. The number of carbonyl (C=O) groups excluding carboxylic acids is 3. The molecule has 3 heterocycles. The number of hydrogen-bond acceptors (Lipinski definition) is 6. The predicted octanol–water partition coefficient (Wildman–Crippen LogP) is 3.76. The minimum absolute atomic E-state index is 0.118. The minimum Gasteiger partial charge on any atom is -0.494 e. The molecule has 8 nitrogen and oxygen atoms in total. The SMILES string of the molecule is CCOc1ccc(NC(=O)[C@@H]2[C@H]3C(=O)N([C@H](CO)c4ccccc4)C(C(=O)NC(C)C)C34CC[C@@]2(C)S4)cc1. The molecule has 39 heavy (non-hydrogen) atoms. The van der Waals surface area contributed by atoms with E-state index in [1.165, 1.54) is 0 Å². The van der Waals surface area contributed by atoms with Crippen molar-refractivity contribution in [2.75, 3.05) is 18.5 Å². The molecule has 3 amide bonds. The molecule has 2 aromatic carbocycles. The third-order valence-corrected chi connectivity index (χ3v) is 10.3. The molecule has 0 aliphatic carbocycles. The number of fused-ring (bicyclic) bond motifs is 1. The number of aliphatic hydroxyl groups excluding tert-OH is 1. The van der Waals surface area contributed by atoms with Gasteiger partial charge in [-0.3, -0.25) is 14.4 Å². The van der Waals surface area contributed by atoms with Crippen LogP contribution < -0.4 is 15.4 Å². The molecule has 0 radical (unpaired) electrons. The maximum absolute atomic E-state index is 14.4. The van der Waals surface area contributed by atoms with Crippen molar-refractivity contribution in [1.82, 2.24) is 10.2 Å². The van der Waals surface area contributed by atoms with Gasteiger partial charge in [0.2, 0.25) is 17.7 Å². The van der Waals surface area contributed by atoms with Crippen LogP contribution in [0.2, 0.25) is 0 Å². The maximum atomic E-state index is 14.4. The smallest absolute Gasteiger partial charge is 0.244 e. The maximum Gasteiger partial charge on any atom is 0.244 e. The molecule has 2 unspecified atom stereocenters. The van der Waals surface area contributed by atoms with Crippen molar-refractivity contribution in [1.29, 1.82) is 0 Å². The molecule has 3 aliphatic heterocycles. The molecule has 0 saturated carbocycles. The Hall–Kier alpha value is -3.04. The lowest BCUT2D eigenvalue weighted by Crippen LogP contribution is -2.55. The van der Waals surface area contributed by atoms with Crippen LogP contribution in [0.15, 0.2) is 54.6 Å². The number of amides is 3. The largest absolute Gasteiger partial charge is 0.494 e. The number of rotatable bonds is 9. The zero-order valence-electron chi connectivity index (χ0n) is 22.8. The fourth-order valence-corrected chi connectivity index (χ4v) is 9.16. The van der Waals surface area contributed by atoms with E-state index in [1.54, 1.807) is 40.9 Å². The lowest BCUT2D eigenvalue weighted by atomic mass is 9.66. The van der Waals surface area contributed by atoms with E-state index in [-0.39, 0.29) is 30.4 Å². The first kappa shape index (κ1) is 27.5. The number of benzene rings is 2. The highest BCUT2D eigenvalue weighted by atomic mass is 32.2. The Morgan fingerprint density at radius 2 is 1.79 bits per heavy atom. The van der Waals surface area contributed by atoms with Gasteiger partial charge in [-0.05, 0) is 70.4 Å². The molecule has 3 N–H and O–H groups in total. The molecule has 2 aromatic rings. The van der Waals surface area contributed by atoms with Crippen LogP contribution in [-0.2, 0) is 14.4 Å². The molecular weight excluding hydrogens is 514 g/mol. The Labute approximate surface area is 233 Å². The van der Waals surface area contributed by atoms with Gasteiger partial charge in [0.15, 0.2) is 0 Å². The number of anilines is 1. The quantitative estimate of drug-likeness (QED) is 0.438. The lowest BCUT2D eigenvalue weighted by Gasteiger charge is -2.37. The number of aliphatic hydroxyl groups is 1. The molecule has 2 bridgehead atoms. The number of nitrogens with one attached hydrogen (secondary N) is 2. The van der Waals surface area contributed by atoms with E-state index in [2.05, 4.69) is 10.6 Å². The van der Waals surface area contributed by atoms with Crippen LogP contribution in [0.3, 0.4) is 0 Å². The molecule has 208 valence electrons. The summed E-state index contributed by atoms with van der Waals surface area (Å²) >= 11 is 1.62. The second-order valence-electron chi connectivity index (χ2n) is 11.2. The van der Waals surface area contributed by atoms with Gasteiger partial charge in [0.1, 0.15) is 11.8 Å². The first-order valence-corrected chi connectivity index (χ1v) is 14.5. The van der Waals surface area contributed by atoms with E-state index in [4.69, 9.17) is 4.74 Å². The highest BCUT2D eigenvalue weighted by Gasteiger charge is 2.77. The van der Waals surface area contributed by atoms with Gasteiger partial charge >= 0.3 is 0 Å². The highest BCUT2D eigenvalue weighted by molar-refractivity contribution is 8.02. The summed E-state index contributed by atoms with van der Waals surface area (Å²) in [6, 6.07) is 14.9. The van der Waals surface area contributed by atoms with Crippen molar-refractivity contribution in [2.45, 2.75) is 68.2 Å². The molecule has 3 fully saturated rings. The normalized spacial score (nSPS) is 29.8. The van der Waals surface area contributed by atoms with Gasteiger partial charge in [0.25, 0.3) is 0 Å². The third kappa shape index (κ3) is 4.59. The van der Waals surface area contributed by atoms with Crippen molar-refractivity contribution in [3.05, 3.63) is 60.2 Å². The van der Waals surface area contributed by atoms with Gasteiger partial charge in [-0.15, -0.1) is 11.8 Å². The Morgan fingerprint density at radius 1 is 1.10 bits per heavy atom. The zero-order valence-corrected chi connectivity index (χ0v) is 23.7.